The monoisotopic (exact) mass is 325 g/mol. The predicted octanol–water partition coefficient (Wildman–Crippen LogP) is 2.96. The lowest BCUT2D eigenvalue weighted by molar-refractivity contribution is 0.0844. The number of hydrogen-bond donors (Lipinski definition) is 2. The fourth-order valence-corrected chi connectivity index (χ4v) is 2.17. The number of benzene rings is 2. The number of carbonyl (C=O) groups excluding carboxylic acids is 2. The van der Waals surface area contributed by atoms with Crippen LogP contribution < -0.4 is 10.9 Å². The second kappa shape index (κ2) is 6.46. The highest BCUT2D eigenvalue weighted by Crippen LogP contribution is 2.12. The Labute approximate surface area is 137 Å². The molecule has 3 aromatic rings. The van der Waals surface area contributed by atoms with Gasteiger partial charge in [-0.2, -0.15) is 0 Å². The number of halogens is 1. The van der Waals surface area contributed by atoms with Crippen LogP contribution in [0.4, 0.5) is 0 Å². The standard InChI is InChI=1S/C17H12ClN3O2/c18-13-8-5-12(6-9-13)16(22)20-21-17(23)15-10-7-11-3-1-2-4-14(11)19-15/h1-10H,(H,20,22)(H,21,23). The van der Waals surface area contributed by atoms with E-state index in [9.17, 15) is 9.59 Å². The molecule has 0 radical (unpaired) electrons. The molecule has 3 rings (SSSR count). The molecule has 0 aliphatic rings. The lowest BCUT2D eigenvalue weighted by atomic mass is 10.2. The summed E-state index contributed by atoms with van der Waals surface area (Å²) in [6, 6.07) is 17.2. The van der Waals surface area contributed by atoms with Crippen molar-refractivity contribution < 1.29 is 9.59 Å². The Bertz CT molecular complexity index is 878. The molecule has 0 unspecified atom stereocenters. The van der Waals surface area contributed by atoms with Crippen LogP contribution in [0.2, 0.25) is 5.02 Å². The summed E-state index contributed by atoms with van der Waals surface area (Å²) in [5, 5.41) is 1.47. The van der Waals surface area contributed by atoms with Crippen molar-refractivity contribution in [1.29, 1.82) is 0 Å². The summed E-state index contributed by atoms with van der Waals surface area (Å²) in [5.41, 5.74) is 6.01. The molecule has 0 fully saturated rings. The normalized spacial score (nSPS) is 10.3. The first-order valence-electron chi connectivity index (χ1n) is 6.85. The Morgan fingerprint density at radius 1 is 0.826 bits per heavy atom. The van der Waals surface area contributed by atoms with Gasteiger partial charge in [0.05, 0.1) is 5.52 Å². The smallest absolute Gasteiger partial charge is 0.267 e. The molecule has 2 amide bonds. The summed E-state index contributed by atoms with van der Waals surface area (Å²) in [6.07, 6.45) is 0. The number of nitrogens with one attached hydrogen (secondary N) is 2. The van der Waals surface area contributed by atoms with Gasteiger partial charge < -0.3 is 0 Å². The van der Waals surface area contributed by atoms with Gasteiger partial charge in [0, 0.05) is 16.0 Å². The number of aromatic nitrogens is 1. The minimum Gasteiger partial charge on any atom is -0.267 e. The third-order valence-corrected chi connectivity index (χ3v) is 3.48. The SMILES string of the molecule is O=C(NNC(=O)c1ccc2ccccc2n1)c1ccc(Cl)cc1. The maximum Gasteiger partial charge on any atom is 0.288 e. The van der Waals surface area contributed by atoms with E-state index in [1.165, 1.54) is 0 Å². The zero-order chi connectivity index (χ0) is 16.2. The van der Waals surface area contributed by atoms with Gasteiger partial charge in [0.1, 0.15) is 5.69 Å². The van der Waals surface area contributed by atoms with E-state index in [4.69, 9.17) is 11.6 Å². The molecule has 5 nitrogen and oxygen atoms in total. The predicted molar refractivity (Wildman–Crippen MR) is 88.1 cm³/mol. The van der Waals surface area contributed by atoms with Crippen LogP contribution in [0.25, 0.3) is 10.9 Å². The number of hydrazine groups is 1. The van der Waals surface area contributed by atoms with Gasteiger partial charge >= 0.3 is 0 Å². The quantitative estimate of drug-likeness (QED) is 0.712. The number of carbonyl (C=O) groups is 2. The number of para-hydroxylation sites is 1. The average Bonchev–Trinajstić information content (AvgIpc) is 2.59. The maximum absolute atomic E-state index is 12.1. The zero-order valence-corrected chi connectivity index (χ0v) is 12.7. The van der Waals surface area contributed by atoms with E-state index < -0.39 is 11.8 Å². The fraction of sp³-hybridized carbons (Fsp3) is 0. The van der Waals surface area contributed by atoms with Gasteiger partial charge in [-0.3, -0.25) is 20.4 Å². The first kappa shape index (κ1) is 15.0. The first-order valence-corrected chi connectivity index (χ1v) is 7.23. The minimum absolute atomic E-state index is 0.222. The van der Waals surface area contributed by atoms with Crippen LogP contribution in [0, 0.1) is 0 Å². The van der Waals surface area contributed by atoms with Crippen molar-refractivity contribution in [2.75, 3.05) is 0 Å². The van der Waals surface area contributed by atoms with Crippen LogP contribution in [-0.2, 0) is 0 Å². The van der Waals surface area contributed by atoms with Gasteiger partial charge in [0.25, 0.3) is 11.8 Å². The minimum atomic E-state index is -0.488. The van der Waals surface area contributed by atoms with Gasteiger partial charge in [0.2, 0.25) is 0 Å². The number of amides is 2. The number of nitrogens with zero attached hydrogens (tertiary/aromatic N) is 1. The summed E-state index contributed by atoms with van der Waals surface area (Å²) in [4.78, 5) is 28.2. The summed E-state index contributed by atoms with van der Waals surface area (Å²) in [7, 11) is 0. The van der Waals surface area contributed by atoms with Crippen molar-refractivity contribution in [3.8, 4) is 0 Å². The van der Waals surface area contributed by atoms with Crippen LogP contribution in [0.1, 0.15) is 20.8 Å². The van der Waals surface area contributed by atoms with Crippen molar-refractivity contribution in [3.63, 3.8) is 0 Å². The topological polar surface area (TPSA) is 71.1 Å². The molecule has 0 aliphatic heterocycles. The highest BCUT2D eigenvalue weighted by molar-refractivity contribution is 6.30. The van der Waals surface area contributed by atoms with Crippen LogP contribution in [-0.4, -0.2) is 16.8 Å². The molecule has 2 aromatic carbocycles. The lowest BCUT2D eigenvalue weighted by Gasteiger charge is -2.07. The van der Waals surface area contributed by atoms with E-state index >= 15 is 0 Å². The highest BCUT2D eigenvalue weighted by Gasteiger charge is 2.10. The molecule has 0 bridgehead atoms. The van der Waals surface area contributed by atoms with E-state index in [0.29, 0.717) is 16.1 Å². The molecule has 1 heterocycles. The van der Waals surface area contributed by atoms with Crippen molar-refractivity contribution >= 4 is 34.3 Å². The van der Waals surface area contributed by atoms with Gasteiger partial charge in [-0.25, -0.2) is 4.98 Å². The Morgan fingerprint density at radius 2 is 1.52 bits per heavy atom. The molecule has 1 aromatic heterocycles. The largest absolute Gasteiger partial charge is 0.288 e. The van der Waals surface area contributed by atoms with E-state index in [0.717, 1.165) is 5.39 Å². The molecular formula is C17H12ClN3O2. The Morgan fingerprint density at radius 3 is 2.30 bits per heavy atom. The van der Waals surface area contributed by atoms with Crippen LogP contribution in [0.3, 0.4) is 0 Å². The summed E-state index contributed by atoms with van der Waals surface area (Å²) in [5.74, 6) is -0.922. The highest BCUT2D eigenvalue weighted by atomic mass is 35.5. The van der Waals surface area contributed by atoms with E-state index in [-0.39, 0.29) is 5.69 Å². The third-order valence-electron chi connectivity index (χ3n) is 3.23. The Hall–Kier alpha value is -2.92. The average molecular weight is 326 g/mol. The summed E-state index contributed by atoms with van der Waals surface area (Å²) >= 11 is 5.76. The molecule has 0 aliphatic carbocycles. The molecule has 0 saturated heterocycles. The van der Waals surface area contributed by atoms with E-state index in [2.05, 4.69) is 15.8 Å². The number of pyridine rings is 1. The molecule has 6 heteroatoms. The Balaban J connectivity index is 1.68. The fourth-order valence-electron chi connectivity index (χ4n) is 2.04. The van der Waals surface area contributed by atoms with Gasteiger partial charge in [-0.1, -0.05) is 35.9 Å². The maximum atomic E-state index is 12.1. The van der Waals surface area contributed by atoms with E-state index in [1.54, 1.807) is 36.4 Å². The molecule has 23 heavy (non-hydrogen) atoms. The van der Waals surface area contributed by atoms with Gasteiger partial charge in [-0.05, 0) is 36.4 Å². The van der Waals surface area contributed by atoms with Crippen molar-refractivity contribution in [2.45, 2.75) is 0 Å². The second-order valence-corrected chi connectivity index (χ2v) is 5.24. The number of fused-ring (bicyclic) bond motifs is 1. The zero-order valence-electron chi connectivity index (χ0n) is 11.9. The molecule has 114 valence electrons. The molecule has 2 N–H and O–H groups in total. The van der Waals surface area contributed by atoms with E-state index in [1.807, 2.05) is 24.3 Å². The lowest BCUT2D eigenvalue weighted by Crippen LogP contribution is -2.41. The van der Waals surface area contributed by atoms with Crippen LogP contribution in [0.15, 0.2) is 60.7 Å². The summed E-state index contributed by atoms with van der Waals surface area (Å²) < 4.78 is 0. The van der Waals surface area contributed by atoms with Crippen molar-refractivity contribution in [1.82, 2.24) is 15.8 Å². The van der Waals surface area contributed by atoms with Crippen molar-refractivity contribution in [3.05, 3.63) is 76.9 Å². The second-order valence-electron chi connectivity index (χ2n) is 4.80. The molecule has 0 spiro atoms. The number of hydrogen-bond acceptors (Lipinski definition) is 3. The molecule has 0 atom stereocenters. The van der Waals surface area contributed by atoms with Crippen molar-refractivity contribution in [2.24, 2.45) is 0 Å². The molecular weight excluding hydrogens is 314 g/mol. The number of rotatable bonds is 2. The molecule has 0 saturated carbocycles. The summed E-state index contributed by atoms with van der Waals surface area (Å²) in [6.45, 7) is 0. The van der Waals surface area contributed by atoms with Gasteiger partial charge in [-0.15, -0.1) is 0 Å². The van der Waals surface area contributed by atoms with Crippen LogP contribution in [0.5, 0.6) is 0 Å². The first-order chi connectivity index (χ1) is 11.1. The van der Waals surface area contributed by atoms with Gasteiger partial charge in [0.15, 0.2) is 0 Å². The van der Waals surface area contributed by atoms with Crippen LogP contribution >= 0.6 is 11.6 Å². The Kier molecular flexibility index (Phi) is 4.21. The third kappa shape index (κ3) is 3.46.